The third kappa shape index (κ3) is 4.79. The molecule has 0 fully saturated rings. The summed E-state index contributed by atoms with van der Waals surface area (Å²) in [7, 11) is 0. The van der Waals surface area contributed by atoms with Crippen molar-refractivity contribution in [2.75, 3.05) is 5.32 Å². The molecule has 0 aliphatic heterocycles. The van der Waals surface area contributed by atoms with Crippen molar-refractivity contribution in [2.24, 2.45) is 0 Å². The summed E-state index contributed by atoms with van der Waals surface area (Å²) in [5.41, 5.74) is 3.95. The number of nitrogens with zero attached hydrogens (tertiary/aromatic N) is 3. The van der Waals surface area contributed by atoms with Crippen LogP contribution in [0.15, 0.2) is 66.0 Å². The number of carbonyl (C=O) groups excluding carboxylic acids is 1. The number of rotatable bonds is 7. The van der Waals surface area contributed by atoms with Crippen molar-refractivity contribution in [3.8, 4) is 0 Å². The van der Waals surface area contributed by atoms with Crippen molar-refractivity contribution in [3.05, 3.63) is 82.8 Å². The number of pyridine rings is 1. The highest BCUT2D eigenvalue weighted by Gasteiger charge is 2.25. The summed E-state index contributed by atoms with van der Waals surface area (Å²) in [4.78, 5) is 22.6. The Labute approximate surface area is 195 Å². The predicted octanol–water partition coefficient (Wildman–Crippen LogP) is 6.41. The maximum Gasteiger partial charge on any atom is 0.247 e. The maximum atomic E-state index is 13.3. The van der Waals surface area contributed by atoms with E-state index in [4.69, 9.17) is 16.6 Å². The van der Waals surface area contributed by atoms with E-state index < -0.39 is 6.04 Å². The van der Waals surface area contributed by atoms with E-state index in [-0.39, 0.29) is 11.7 Å². The van der Waals surface area contributed by atoms with E-state index in [1.165, 1.54) is 23.9 Å². The van der Waals surface area contributed by atoms with Gasteiger partial charge in [0.15, 0.2) is 10.8 Å². The molecule has 1 atom stereocenters. The van der Waals surface area contributed by atoms with Crippen molar-refractivity contribution >= 4 is 46.1 Å². The summed E-state index contributed by atoms with van der Waals surface area (Å²) < 4.78 is 15.1. The number of anilines is 1. The summed E-state index contributed by atoms with van der Waals surface area (Å²) in [5.74, 6) is 0.162. The van der Waals surface area contributed by atoms with Crippen LogP contribution < -0.4 is 5.32 Å². The minimum absolute atomic E-state index is 0.161. The fourth-order valence-electron chi connectivity index (χ4n) is 3.45. The second-order valence-corrected chi connectivity index (χ2v) is 8.78. The van der Waals surface area contributed by atoms with E-state index in [1.54, 1.807) is 30.5 Å². The molecule has 0 saturated heterocycles. The number of hydrogen-bond acceptors (Lipinski definition) is 4. The van der Waals surface area contributed by atoms with Gasteiger partial charge in [-0.3, -0.25) is 9.36 Å². The van der Waals surface area contributed by atoms with Gasteiger partial charge in [-0.25, -0.2) is 14.4 Å². The SMILES string of the molecule is CC[C@H](C(=O)Nc1cc(Cl)ccc1C)n1c(SCc2ccc(F)cc2)nc2cccnc21. The molecule has 0 bridgehead atoms. The summed E-state index contributed by atoms with van der Waals surface area (Å²) in [6.07, 6.45) is 2.25. The first-order valence-electron chi connectivity index (χ1n) is 10.2. The van der Waals surface area contributed by atoms with E-state index in [9.17, 15) is 9.18 Å². The number of benzene rings is 2. The number of thioether (sulfide) groups is 1. The van der Waals surface area contributed by atoms with Crippen LogP contribution in [-0.4, -0.2) is 20.4 Å². The standard InChI is InChI=1S/C24H22ClFN4OS/c1-3-21(23(31)28-20-13-17(25)9-6-15(20)2)30-22-19(5-4-12-27-22)29-24(30)32-14-16-7-10-18(26)11-8-16/h4-13,21H,3,14H2,1-2H3,(H,28,31)/t21-/m1/s1. The second kappa shape index (κ2) is 9.71. The van der Waals surface area contributed by atoms with Gasteiger partial charge in [-0.15, -0.1) is 0 Å². The number of fused-ring (bicyclic) bond motifs is 1. The molecule has 1 N–H and O–H groups in total. The lowest BCUT2D eigenvalue weighted by Crippen LogP contribution is -2.26. The average molecular weight is 469 g/mol. The van der Waals surface area contributed by atoms with Gasteiger partial charge in [0.25, 0.3) is 0 Å². The molecule has 0 aliphatic carbocycles. The van der Waals surface area contributed by atoms with Crippen LogP contribution in [-0.2, 0) is 10.5 Å². The molecule has 4 rings (SSSR count). The van der Waals surface area contributed by atoms with Crippen LogP contribution in [0, 0.1) is 12.7 Å². The van der Waals surface area contributed by atoms with E-state index in [1.807, 2.05) is 36.6 Å². The van der Waals surface area contributed by atoms with Gasteiger partial charge in [-0.05, 0) is 60.9 Å². The zero-order valence-corrected chi connectivity index (χ0v) is 19.3. The molecule has 164 valence electrons. The first kappa shape index (κ1) is 22.3. The molecule has 0 unspecified atom stereocenters. The number of aryl methyl sites for hydroxylation is 1. The first-order valence-corrected chi connectivity index (χ1v) is 11.6. The van der Waals surface area contributed by atoms with Gasteiger partial charge in [0.1, 0.15) is 17.4 Å². The Kier molecular flexibility index (Phi) is 6.77. The van der Waals surface area contributed by atoms with Crippen molar-refractivity contribution in [2.45, 2.75) is 37.2 Å². The van der Waals surface area contributed by atoms with Crippen LogP contribution in [0.25, 0.3) is 11.2 Å². The topological polar surface area (TPSA) is 59.8 Å². The molecule has 1 amide bonds. The molecule has 2 heterocycles. The summed E-state index contributed by atoms with van der Waals surface area (Å²) in [6, 6.07) is 15.0. The molecule has 2 aromatic carbocycles. The summed E-state index contributed by atoms with van der Waals surface area (Å²) in [5, 5.41) is 4.26. The fraction of sp³-hybridized carbons (Fsp3) is 0.208. The van der Waals surface area contributed by atoms with Gasteiger partial charge in [0, 0.05) is 22.7 Å². The number of hydrogen-bond donors (Lipinski definition) is 1. The minimum atomic E-state index is -0.510. The number of halogens is 2. The molecule has 0 saturated carbocycles. The number of aromatic nitrogens is 3. The lowest BCUT2D eigenvalue weighted by atomic mass is 10.1. The molecule has 0 spiro atoms. The van der Waals surface area contributed by atoms with Gasteiger partial charge in [-0.1, -0.05) is 48.5 Å². The van der Waals surface area contributed by atoms with E-state index >= 15 is 0 Å². The number of amides is 1. The highest BCUT2D eigenvalue weighted by Crippen LogP contribution is 2.31. The van der Waals surface area contributed by atoms with Gasteiger partial charge in [-0.2, -0.15) is 0 Å². The van der Waals surface area contributed by atoms with E-state index in [0.29, 0.717) is 33.7 Å². The fourth-order valence-corrected chi connectivity index (χ4v) is 4.63. The molecule has 0 radical (unpaired) electrons. The Morgan fingerprint density at radius 1 is 1.22 bits per heavy atom. The first-order chi connectivity index (χ1) is 15.5. The average Bonchev–Trinajstić information content (AvgIpc) is 3.15. The molecule has 2 aromatic heterocycles. The van der Waals surface area contributed by atoms with Gasteiger partial charge in [0.05, 0.1) is 0 Å². The Bertz CT molecular complexity index is 1260. The lowest BCUT2D eigenvalue weighted by Gasteiger charge is -2.20. The van der Waals surface area contributed by atoms with Gasteiger partial charge in [0.2, 0.25) is 5.91 Å². The monoisotopic (exact) mass is 468 g/mol. The minimum Gasteiger partial charge on any atom is -0.324 e. The Balaban J connectivity index is 1.67. The highest BCUT2D eigenvalue weighted by molar-refractivity contribution is 7.98. The second-order valence-electron chi connectivity index (χ2n) is 7.40. The number of imidazole rings is 1. The number of carbonyl (C=O) groups is 1. The smallest absolute Gasteiger partial charge is 0.247 e. The zero-order valence-electron chi connectivity index (χ0n) is 17.7. The Hall–Kier alpha value is -2.90. The summed E-state index contributed by atoms with van der Waals surface area (Å²) >= 11 is 7.62. The molecule has 0 aliphatic rings. The highest BCUT2D eigenvalue weighted by atomic mass is 35.5. The van der Waals surface area contributed by atoms with Crippen molar-refractivity contribution in [3.63, 3.8) is 0 Å². The van der Waals surface area contributed by atoms with Crippen LogP contribution in [0.1, 0.15) is 30.5 Å². The van der Waals surface area contributed by atoms with Crippen molar-refractivity contribution in [1.82, 2.24) is 14.5 Å². The molecule has 4 aromatic rings. The molecule has 32 heavy (non-hydrogen) atoms. The van der Waals surface area contributed by atoms with Crippen LogP contribution in [0.2, 0.25) is 5.02 Å². The molecular weight excluding hydrogens is 447 g/mol. The zero-order chi connectivity index (χ0) is 22.7. The molecule has 5 nitrogen and oxygen atoms in total. The van der Waals surface area contributed by atoms with Crippen LogP contribution in [0.4, 0.5) is 10.1 Å². The molecular formula is C24H22ClFN4OS. The van der Waals surface area contributed by atoms with Crippen LogP contribution >= 0.6 is 23.4 Å². The third-order valence-electron chi connectivity index (χ3n) is 5.16. The van der Waals surface area contributed by atoms with E-state index in [2.05, 4.69) is 10.3 Å². The molecule has 8 heteroatoms. The maximum absolute atomic E-state index is 13.3. The van der Waals surface area contributed by atoms with Crippen molar-refractivity contribution in [1.29, 1.82) is 0 Å². The van der Waals surface area contributed by atoms with Gasteiger partial charge >= 0.3 is 0 Å². The third-order valence-corrected chi connectivity index (χ3v) is 6.42. The van der Waals surface area contributed by atoms with Crippen LogP contribution in [0.3, 0.4) is 0 Å². The van der Waals surface area contributed by atoms with Crippen molar-refractivity contribution < 1.29 is 9.18 Å². The van der Waals surface area contributed by atoms with E-state index in [0.717, 1.165) is 16.6 Å². The van der Waals surface area contributed by atoms with Crippen LogP contribution in [0.5, 0.6) is 0 Å². The lowest BCUT2D eigenvalue weighted by molar-refractivity contribution is -0.119. The normalized spacial score (nSPS) is 12.1. The Morgan fingerprint density at radius 3 is 2.75 bits per heavy atom. The summed E-state index contributed by atoms with van der Waals surface area (Å²) in [6.45, 7) is 3.88. The van der Waals surface area contributed by atoms with Gasteiger partial charge < -0.3 is 5.32 Å². The Morgan fingerprint density at radius 2 is 2.00 bits per heavy atom. The number of nitrogens with one attached hydrogen (secondary N) is 1. The largest absolute Gasteiger partial charge is 0.324 e. The predicted molar refractivity (Wildman–Crippen MR) is 128 cm³/mol. The quantitative estimate of drug-likeness (QED) is 0.318.